The van der Waals surface area contributed by atoms with E-state index in [1.165, 1.54) is 38.5 Å². The average molecular weight is 457 g/mol. The Morgan fingerprint density at radius 3 is 2.21 bits per heavy atom. The first-order valence-corrected chi connectivity index (χ1v) is 12.9. The zero-order valence-corrected chi connectivity index (χ0v) is 19.7. The monoisotopic (exact) mass is 456 g/mol. The van der Waals surface area contributed by atoms with E-state index in [1.807, 2.05) is 48.5 Å². The van der Waals surface area contributed by atoms with Gasteiger partial charge in [-0.1, -0.05) is 56.7 Å². The van der Waals surface area contributed by atoms with Gasteiger partial charge in [-0.3, -0.25) is 4.79 Å². The average Bonchev–Trinajstić information content (AvgIpc) is 3.37. The summed E-state index contributed by atoms with van der Waals surface area (Å²) in [5.41, 5.74) is 3.36. The number of para-hydroxylation sites is 1. The first-order chi connectivity index (χ1) is 16.8. The maximum Gasteiger partial charge on any atom is 0.255 e. The summed E-state index contributed by atoms with van der Waals surface area (Å²) in [4.78, 5) is 21.6. The lowest BCUT2D eigenvalue weighted by Crippen LogP contribution is -2.48. The summed E-state index contributed by atoms with van der Waals surface area (Å²) in [6.45, 7) is 0.241. The van der Waals surface area contributed by atoms with Crippen molar-refractivity contribution in [3.05, 3.63) is 54.1 Å². The molecule has 3 aromatic rings. The molecule has 6 rings (SSSR count). The number of aromatic nitrogens is 1. The van der Waals surface area contributed by atoms with Crippen LogP contribution in [0.1, 0.15) is 74.6 Å². The van der Waals surface area contributed by atoms with Crippen LogP contribution in [0.4, 0.5) is 0 Å². The van der Waals surface area contributed by atoms with Gasteiger partial charge in [0.05, 0.1) is 16.8 Å². The number of hydrogen-bond donors (Lipinski definition) is 0. The van der Waals surface area contributed by atoms with E-state index in [0.29, 0.717) is 12.1 Å². The molecule has 1 aromatic heterocycles. The minimum absolute atomic E-state index is 0.180. The van der Waals surface area contributed by atoms with Crippen LogP contribution < -0.4 is 9.47 Å². The molecule has 176 valence electrons. The lowest BCUT2D eigenvalue weighted by molar-refractivity contribution is 0.0450. The quantitative estimate of drug-likeness (QED) is 0.436. The Bertz CT molecular complexity index is 1180. The van der Waals surface area contributed by atoms with Crippen LogP contribution in [0.5, 0.6) is 11.5 Å². The van der Waals surface area contributed by atoms with Gasteiger partial charge in [0.15, 0.2) is 11.5 Å². The molecule has 5 heteroatoms. The first kappa shape index (κ1) is 21.5. The summed E-state index contributed by atoms with van der Waals surface area (Å²) in [5, 5.41) is 0.939. The van der Waals surface area contributed by atoms with E-state index in [2.05, 4.69) is 4.90 Å². The van der Waals surface area contributed by atoms with E-state index in [9.17, 15) is 4.79 Å². The molecule has 0 atom stereocenters. The normalized spacial score (nSPS) is 18.8. The highest BCUT2D eigenvalue weighted by Crippen LogP contribution is 2.37. The maximum absolute atomic E-state index is 14.4. The minimum Gasteiger partial charge on any atom is -0.454 e. The van der Waals surface area contributed by atoms with Crippen LogP contribution in [0.25, 0.3) is 22.2 Å². The van der Waals surface area contributed by atoms with Gasteiger partial charge in [-0.2, -0.15) is 0 Å². The molecule has 0 unspecified atom stereocenters. The third-order valence-electron chi connectivity index (χ3n) is 7.79. The number of nitrogens with zero attached hydrogens (tertiary/aromatic N) is 2. The number of amides is 1. The van der Waals surface area contributed by atoms with Crippen molar-refractivity contribution in [2.45, 2.75) is 76.3 Å². The minimum atomic E-state index is 0.180. The predicted octanol–water partition coefficient (Wildman–Crippen LogP) is 6.74. The van der Waals surface area contributed by atoms with Crippen LogP contribution >= 0.6 is 0 Å². The number of benzene rings is 2. The van der Waals surface area contributed by atoms with Gasteiger partial charge in [0.1, 0.15) is 0 Å². The molecule has 5 nitrogen and oxygen atoms in total. The molecule has 2 aliphatic carbocycles. The highest BCUT2D eigenvalue weighted by Gasteiger charge is 2.34. The first-order valence-electron chi connectivity index (χ1n) is 12.9. The van der Waals surface area contributed by atoms with Gasteiger partial charge in [0.25, 0.3) is 5.91 Å². The smallest absolute Gasteiger partial charge is 0.255 e. The van der Waals surface area contributed by atoms with E-state index in [0.717, 1.165) is 64.9 Å². The van der Waals surface area contributed by atoms with Crippen molar-refractivity contribution in [1.29, 1.82) is 0 Å². The molecule has 1 aliphatic heterocycles. The number of carbonyl (C=O) groups is 1. The van der Waals surface area contributed by atoms with Crippen LogP contribution in [0.2, 0.25) is 0 Å². The Hall–Kier alpha value is -3.08. The SMILES string of the molecule is O=C(c1cc(-c2ccc3c(c2)OCO3)nc2ccccc12)N(C1CCCCC1)C1CCCCC1. The number of rotatable bonds is 4. The molecule has 1 amide bonds. The van der Waals surface area contributed by atoms with Gasteiger partial charge < -0.3 is 14.4 Å². The van der Waals surface area contributed by atoms with Crippen molar-refractivity contribution in [2.75, 3.05) is 6.79 Å². The van der Waals surface area contributed by atoms with Gasteiger partial charge in [-0.05, 0) is 56.0 Å². The van der Waals surface area contributed by atoms with E-state index in [4.69, 9.17) is 14.5 Å². The van der Waals surface area contributed by atoms with Crippen molar-refractivity contribution in [2.24, 2.45) is 0 Å². The number of hydrogen-bond acceptors (Lipinski definition) is 4. The second-order valence-electron chi connectivity index (χ2n) is 9.94. The van der Waals surface area contributed by atoms with Gasteiger partial charge in [0, 0.05) is 23.0 Å². The Morgan fingerprint density at radius 1 is 0.794 bits per heavy atom. The fourth-order valence-electron chi connectivity index (χ4n) is 6.04. The van der Waals surface area contributed by atoms with E-state index < -0.39 is 0 Å². The molecule has 0 radical (unpaired) electrons. The molecule has 2 aromatic carbocycles. The van der Waals surface area contributed by atoms with E-state index in [-0.39, 0.29) is 12.7 Å². The highest BCUT2D eigenvalue weighted by molar-refractivity contribution is 6.07. The van der Waals surface area contributed by atoms with Crippen molar-refractivity contribution >= 4 is 16.8 Å². The zero-order valence-electron chi connectivity index (χ0n) is 19.7. The fraction of sp³-hybridized carbons (Fsp3) is 0.448. The second kappa shape index (κ2) is 9.28. The van der Waals surface area contributed by atoms with Gasteiger partial charge in [0.2, 0.25) is 6.79 Å². The third-order valence-corrected chi connectivity index (χ3v) is 7.79. The highest BCUT2D eigenvalue weighted by atomic mass is 16.7. The Morgan fingerprint density at radius 2 is 1.47 bits per heavy atom. The van der Waals surface area contributed by atoms with Crippen molar-refractivity contribution in [3.8, 4) is 22.8 Å². The van der Waals surface area contributed by atoms with E-state index in [1.54, 1.807) is 0 Å². The molecule has 0 spiro atoms. The van der Waals surface area contributed by atoms with Crippen LogP contribution in [-0.4, -0.2) is 34.7 Å². The van der Waals surface area contributed by atoms with Crippen LogP contribution in [0, 0.1) is 0 Å². The van der Waals surface area contributed by atoms with Crippen LogP contribution in [0.15, 0.2) is 48.5 Å². The van der Waals surface area contributed by atoms with Crippen molar-refractivity contribution in [3.63, 3.8) is 0 Å². The molecule has 2 fully saturated rings. The van der Waals surface area contributed by atoms with Gasteiger partial charge >= 0.3 is 0 Å². The molecular weight excluding hydrogens is 424 g/mol. The summed E-state index contributed by atoms with van der Waals surface area (Å²) in [5.74, 6) is 1.66. The van der Waals surface area contributed by atoms with Crippen molar-refractivity contribution in [1.82, 2.24) is 9.88 Å². The summed E-state index contributed by atoms with van der Waals surface area (Å²) in [6.07, 6.45) is 12.0. The maximum atomic E-state index is 14.4. The standard InChI is InChI=1S/C29H32N2O3/c32-29(31(21-9-3-1-4-10-21)22-11-5-2-6-12-22)24-18-26(30-25-14-8-7-13-23(24)25)20-15-16-27-28(17-20)34-19-33-27/h7-8,13-18,21-22H,1-6,9-12,19H2. The Labute approximate surface area is 201 Å². The predicted molar refractivity (Wildman–Crippen MR) is 133 cm³/mol. The summed E-state index contributed by atoms with van der Waals surface area (Å²) in [7, 11) is 0. The van der Waals surface area contributed by atoms with Crippen molar-refractivity contribution < 1.29 is 14.3 Å². The van der Waals surface area contributed by atoms with Crippen LogP contribution in [0.3, 0.4) is 0 Å². The topological polar surface area (TPSA) is 51.7 Å². The molecule has 34 heavy (non-hydrogen) atoms. The lowest BCUT2D eigenvalue weighted by atomic mass is 9.87. The lowest BCUT2D eigenvalue weighted by Gasteiger charge is -2.42. The molecule has 0 saturated heterocycles. The van der Waals surface area contributed by atoms with Gasteiger partial charge in [-0.15, -0.1) is 0 Å². The third kappa shape index (κ3) is 4.02. The Kier molecular flexibility index (Phi) is 5.86. The molecular formula is C29H32N2O3. The second-order valence-corrected chi connectivity index (χ2v) is 9.94. The molecule has 2 heterocycles. The summed E-state index contributed by atoms with van der Waals surface area (Å²) < 4.78 is 11.1. The summed E-state index contributed by atoms with van der Waals surface area (Å²) in [6, 6.07) is 16.6. The molecule has 0 bridgehead atoms. The summed E-state index contributed by atoms with van der Waals surface area (Å²) >= 11 is 0. The number of pyridine rings is 1. The Balaban J connectivity index is 1.44. The largest absolute Gasteiger partial charge is 0.454 e. The fourth-order valence-corrected chi connectivity index (χ4v) is 6.04. The molecule has 3 aliphatic rings. The number of fused-ring (bicyclic) bond motifs is 2. The molecule has 0 N–H and O–H groups in total. The number of ether oxygens (including phenoxy) is 2. The van der Waals surface area contributed by atoms with E-state index >= 15 is 0 Å². The zero-order chi connectivity index (χ0) is 22.9. The molecule has 2 saturated carbocycles. The number of carbonyl (C=O) groups excluding carboxylic acids is 1. The van der Waals surface area contributed by atoms with Gasteiger partial charge in [-0.25, -0.2) is 4.98 Å². The van der Waals surface area contributed by atoms with Crippen LogP contribution in [-0.2, 0) is 0 Å².